The molecule has 1 aromatic heterocycles. The Morgan fingerprint density at radius 1 is 1.31 bits per heavy atom. The number of anilines is 3. The number of benzene rings is 2. The summed E-state index contributed by atoms with van der Waals surface area (Å²) in [6.45, 7) is 4.46. The van der Waals surface area contributed by atoms with E-state index >= 15 is 0 Å². The normalized spacial score (nSPS) is 13.0. The van der Waals surface area contributed by atoms with Crippen molar-refractivity contribution in [1.29, 1.82) is 0 Å². The zero-order chi connectivity index (χ0) is 18.1. The third kappa shape index (κ3) is 2.90. The third-order valence-electron chi connectivity index (χ3n) is 4.12. The van der Waals surface area contributed by atoms with Crippen LogP contribution in [0.5, 0.6) is 5.75 Å². The maximum Gasteiger partial charge on any atom is 0.250 e. The Kier molecular flexibility index (Phi) is 4.30. The molecule has 0 saturated heterocycles. The molecule has 0 aliphatic carbocycles. The number of ether oxygens (including phenoxy) is 1. The van der Waals surface area contributed by atoms with Gasteiger partial charge in [-0.25, -0.2) is 9.97 Å². The molecule has 6 nitrogen and oxygen atoms in total. The monoisotopic (exact) mass is 410 g/mol. The molecule has 1 N–H and O–H groups in total. The summed E-state index contributed by atoms with van der Waals surface area (Å²) in [7, 11) is 0. The van der Waals surface area contributed by atoms with E-state index < -0.39 is 0 Å². The molecule has 0 saturated carbocycles. The Hall–Kier alpha value is -2.93. The zero-order valence-corrected chi connectivity index (χ0v) is 15.4. The summed E-state index contributed by atoms with van der Waals surface area (Å²) in [5, 5.41) is 4.05. The van der Waals surface area contributed by atoms with E-state index in [4.69, 9.17) is 4.74 Å². The minimum absolute atomic E-state index is 0.160. The average Bonchev–Trinajstić information content (AvgIpc) is 2.66. The van der Waals surface area contributed by atoms with Crippen molar-refractivity contribution in [2.45, 2.75) is 0 Å². The summed E-state index contributed by atoms with van der Waals surface area (Å²) in [5.41, 5.74) is 2.32. The maximum absolute atomic E-state index is 12.2. The lowest BCUT2D eigenvalue weighted by atomic mass is 10.1. The van der Waals surface area contributed by atoms with E-state index in [1.165, 1.54) is 12.4 Å². The van der Waals surface area contributed by atoms with Gasteiger partial charge in [-0.15, -0.1) is 0 Å². The standard InChI is InChI=1S/C19H15BrN4O2/c1-2-16(25)24-8-9-26-18-15(24)7-6-14-17(18)19(22-11-21-14)23-13-5-3-4-12(20)10-13/h2-7,10-11H,1,8-9H2,(H,21,22,23). The van der Waals surface area contributed by atoms with Crippen molar-refractivity contribution in [3.8, 4) is 5.75 Å². The number of fused-ring (bicyclic) bond motifs is 3. The first-order chi connectivity index (χ1) is 12.7. The van der Waals surface area contributed by atoms with E-state index in [-0.39, 0.29) is 5.91 Å². The van der Waals surface area contributed by atoms with Crippen molar-refractivity contribution in [3.05, 3.63) is 59.9 Å². The van der Waals surface area contributed by atoms with Crippen molar-refractivity contribution in [2.75, 3.05) is 23.4 Å². The molecule has 1 aliphatic heterocycles. The van der Waals surface area contributed by atoms with Crippen LogP contribution in [-0.4, -0.2) is 29.0 Å². The molecule has 2 heterocycles. The smallest absolute Gasteiger partial charge is 0.250 e. The molecule has 130 valence electrons. The molecule has 0 spiro atoms. The molecular formula is C19H15BrN4O2. The SMILES string of the molecule is C=CC(=O)N1CCOc2c1ccc1ncnc(Nc3cccc(Br)c3)c21. The molecule has 2 aromatic carbocycles. The van der Waals surface area contributed by atoms with Crippen molar-refractivity contribution in [1.82, 2.24) is 9.97 Å². The number of nitrogens with one attached hydrogen (secondary N) is 1. The fourth-order valence-corrected chi connectivity index (χ4v) is 3.37. The molecule has 1 aliphatic rings. The number of hydrogen-bond donors (Lipinski definition) is 1. The van der Waals surface area contributed by atoms with Crippen molar-refractivity contribution < 1.29 is 9.53 Å². The number of carbonyl (C=O) groups is 1. The molecule has 26 heavy (non-hydrogen) atoms. The average molecular weight is 411 g/mol. The van der Waals surface area contributed by atoms with Crippen molar-refractivity contribution in [3.63, 3.8) is 0 Å². The van der Waals surface area contributed by atoms with Gasteiger partial charge in [0.2, 0.25) is 0 Å². The summed E-state index contributed by atoms with van der Waals surface area (Å²) in [6, 6.07) is 11.5. The number of hydrogen-bond acceptors (Lipinski definition) is 5. The molecule has 0 radical (unpaired) electrons. The van der Waals surface area contributed by atoms with Gasteiger partial charge in [-0.3, -0.25) is 4.79 Å². The van der Waals surface area contributed by atoms with E-state index in [1.54, 1.807) is 4.90 Å². The molecule has 1 amide bonds. The second-order valence-corrected chi connectivity index (χ2v) is 6.62. The number of carbonyl (C=O) groups excluding carboxylic acids is 1. The van der Waals surface area contributed by atoms with Crippen LogP contribution in [0.2, 0.25) is 0 Å². The second-order valence-electron chi connectivity index (χ2n) is 5.71. The summed E-state index contributed by atoms with van der Waals surface area (Å²) in [6.07, 6.45) is 2.81. The Balaban J connectivity index is 1.87. The highest BCUT2D eigenvalue weighted by Crippen LogP contribution is 2.41. The fraction of sp³-hybridized carbons (Fsp3) is 0.105. The lowest BCUT2D eigenvalue weighted by Crippen LogP contribution is -2.36. The Morgan fingerprint density at radius 3 is 3.00 bits per heavy atom. The largest absolute Gasteiger partial charge is 0.489 e. The van der Waals surface area contributed by atoms with Crippen molar-refractivity contribution in [2.24, 2.45) is 0 Å². The lowest BCUT2D eigenvalue weighted by molar-refractivity contribution is -0.114. The number of aromatic nitrogens is 2. The van der Waals surface area contributed by atoms with Crippen molar-refractivity contribution >= 4 is 49.9 Å². The Labute approximate surface area is 158 Å². The second kappa shape index (κ2) is 6.76. The number of nitrogens with zero attached hydrogens (tertiary/aromatic N) is 3. The lowest BCUT2D eigenvalue weighted by Gasteiger charge is -2.29. The van der Waals surface area contributed by atoms with Crippen LogP contribution in [0, 0.1) is 0 Å². The highest BCUT2D eigenvalue weighted by molar-refractivity contribution is 9.10. The molecule has 0 bridgehead atoms. The van der Waals surface area contributed by atoms with Gasteiger partial charge in [-0.2, -0.15) is 0 Å². The van der Waals surface area contributed by atoms with Crippen LogP contribution in [0.3, 0.4) is 0 Å². The quantitative estimate of drug-likeness (QED) is 0.659. The van der Waals surface area contributed by atoms with Gasteiger partial charge in [0.15, 0.2) is 5.75 Å². The van der Waals surface area contributed by atoms with Gasteiger partial charge < -0.3 is 15.0 Å². The first kappa shape index (κ1) is 16.5. The molecular weight excluding hydrogens is 396 g/mol. The van der Waals surface area contributed by atoms with Crippen LogP contribution in [0.15, 0.2) is 59.9 Å². The maximum atomic E-state index is 12.2. The van der Waals surface area contributed by atoms with Crippen LogP contribution < -0.4 is 15.0 Å². The molecule has 3 aromatic rings. The highest BCUT2D eigenvalue weighted by Gasteiger charge is 2.25. The van der Waals surface area contributed by atoms with Crippen LogP contribution >= 0.6 is 15.9 Å². The van der Waals surface area contributed by atoms with Gasteiger partial charge in [0, 0.05) is 10.2 Å². The van der Waals surface area contributed by atoms with Gasteiger partial charge in [-0.1, -0.05) is 28.6 Å². The van der Waals surface area contributed by atoms with E-state index in [2.05, 4.69) is 37.8 Å². The van der Waals surface area contributed by atoms with Crippen LogP contribution in [0.4, 0.5) is 17.2 Å². The molecule has 0 fully saturated rings. The number of rotatable bonds is 3. The Bertz CT molecular complexity index is 1020. The first-order valence-electron chi connectivity index (χ1n) is 8.04. The van der Waals surface area contributed by atoms with E-state index in [9.17, 15) is 4.79 Å². The van der Waals surface area contributed by atoms with Gasteiger partial charge in [0.1, 0.15) is 18.8 Å². The zero-order valence-electron chi connectivity index (χ0n) is 13.8. The van der Waals surface area contributed by atoms with Gasteiger partial charge >= 0.3 is 0 Å². The van der Waals surface area contributed by atoms with E-state index in [1.807, 2.05) is 36.4 Å². The fourth-order valence-electron chi connectivity index (χ4n) is 2.97. The van der Waals surface area contributed by atoms with Gasteiger partial charge in [0.05, 0.1) is 23.1 Å². The van der Waals surface area contributed by atoms with E-state index in [0.29, 0.717) is 30.4 Å². The first-order valence-corrected chi connectivity index (χ1v) is 8.83. The molecule has 7 heteroatoms. The third-order valence-corrected chi connectivity index (χ3v) is 4.61. The number of halogens is 1. The summed E-state index contributed by atoms with van der Waals surface area (Å²) < 4.78 is 6.87. The molecule has 0 unspecified atom stereocenters. The van der Waals surface area contributed by atoms with Crippen LogP contribution in [0.25, 0.3) is 10.9 Å². The predicted molar refractivity (Wildman–Crippen MR) is 105 cm³/mol. The minimum atomic E-state index is -0.160. The predicted octanol–water partition coefficient (Wildman–Crippen LogP) is 4.05. The molecule has 0 atom stereocenters. The van der Waals surface area contributed by atoms with Crippen LogP contribution in [-0.2, 0) is 4.79 Å². The Morgan fingerprint density at radius 2 is 2.19 bits per heavy atom. The molecule has 4 rings (SSSR count). The van der Waals surface area contributed by atoms with E-state index in [0.717, 1.165) is 21.1 Å². The van der Waals surface area contributed by atoms with Gasteiger partial charge in [-0.05, 0) is 36.4 Å². The summed E-state index contributed by atoms with van der Waals surface area (Å²) in [5.74, 6) is 1.06. The highest BCUT2D eigenvalue weighted by atomic mass is 79.9. The number of amides is 1. The topological polar surface area (TPSA) is 67.4 Å². The van der Waals surface area contributed by atoms with Gasteiger partial charge in [0.25, 0.3) is 5.91 Å². The minimum Gasteiger partial charge on any atom is -0.489 e. The summed E-state index contributed by atoms with van der Waals surface area (Å²) in [4.78, 5) is 22.6. The van der Waals surface area contributed by atoms with Crippen LogP contribution in [0.1, 0.15) is 0 Å². The summed E-state index contributed by atoms with van der Waals surface area (Å²) >= 11 is 3.47.